The highest BCUT2D eigenvalue weighted by molar-refractivity contribution is 5.59. The van der Waals surface area contributed by atoms with Gasteiger partial charge in [0, 0.05) is 30.5 Å². The van der Waals surface area contributed by atoms with E-state index in [1.165, 1.54) is 11.1 Å². The van der Waals surface area contributed by atoms with Crippen molar-refractivity contribution in [1.82, 2.24) is 0 Å². The maximum absolute atomic E-state index is 14.1. The zero-order valence-electron chi connectivity index (χ0n) is 14.7. The molecule has 0 atom stereocenters. The van der Waals surface area contributed by atoms with Gasteiger partial charge in [0.1, 0.15) is 5.82 Å². The average molecular weight is 340 g/mol. The van der Waals surface area contributed by atoms with E-state index in [1.54, 1.807) is 12.1 Å². The van der Waals surface area contributed by atoms with Gasteiger partial charge in [0.25, 0.3) is 0 Å². The Morgan fingerprint density at radius 2 is 1.84 bits per heavy atom. The van der Waals surface area contributed by atoms with Crippen LogP contribution in [0.15, 0.2) is 42.5 Å². The first kappa shape index (κ1) is 16.4. The van der Waals surface area contributed by atoms with Gasteiger partial charge < -0.3 is 15.0 Å². The molecule has 0 bridgehead atoms. The fourth-order valence-corrected chi connectivity index (χ4v) is 3.93. The number of benzene rings is 2. The smallest absolute Gasteiger partial charge is 0.127 e. The van der Waals surface area contributed by atoms with Crippen molar-refractivity contribution in [1.29, 1.82) is 0 Å². The summed E-state index contributed by atoms with van der Waals surface area (Å²) in [6, 6.07) is 14.3. The van der Waals surface area contributed by atoms with Gasteiger partial charge in [0.2, 0.25) is 0 Å². The molecule has 0 spiro atoms. The number of ether oxygens (including phenoxy) is 1. The van der Waals surface area contributed by atoms with E-state index in [-0.39, 0.29) is 5.82 Å². The fraction of sp³-hybridized carbons (Fsp3) is 0.429. The van der Waals surface area contributed by atoms with Crippen LogP contribution >= 0.6 is 0 Å². The first-order valence-electron chi connectivity index (χ1n) is 9.14. The van der Waals surface area contributed by atoms with E-state index in [2.05, 4.69) is 47.5 Å². The van der Waals surface area contributed by atoms with Gasteiger partial charge in [-0.05, 0) is 55.0 Å². The van der Waals surface area contributed by atoms with E-state index in [9.17, 15) is 4.39 Å². The third kappa shape index (κ3) is 3.64. The van der Waals surface area contributed by atoms with Crippen molar-refractivity contribution >= 4 is 11.4 Å². The van der Waals surface area contributed by atoms with Crippen molar-refractivity contribution in [2.45, 2.75) is 31.7 Å². The van der Waals surface area contributed by atoms with E-state index in [0.29, 0.717) is 25.2 Å². The Hall–Kier alpha value is -2.07. The summed E-state index contributed by atoms with van der Waals surface area (Å²) in [6.45, 7) is 5.24. The second kappa shape index (κ2) is 7.04. The normalized spacial score (nSPS) is 23.2. The van der Waals surface area contributed by atoms with Crippen LogP contribution < -0.4 is 10.2 Å². The Morgan fingerprint density at radius 1 is 1.08 bits per heavy atom. The van der Waals surface area contributed by atoms with Gasteiger partial charge in [-0.15, -0.1) is 0 Å². The molecule has 25 heavy (non-hydrogen) atoms. The van der Waals surface area contributed by atoms with E-state index >= 15 is 0 Å². The summed E-state index contributed by atoms with van der Waals surface area (Å²) in [4.78, 5) is 2.19. The number of nitrogens with one attached hydrogen (secondary N) is 1. The number of halogens is 1. The molecule has 1 saturated heterocycles. The molecular formula is C21H25FN2O. The molecule has 1 aliphatic carbocycles. The summed E-state index contributed by atoms with van der Waals surface area (Å²) in [6.07, 6.45) is 2.21. The largest absolute Gasteiger partial charge is 0.382 e. The molecule has 4 rings (SSSR count). The van der Waals surface area contributed by atoms with Crippen LogP contribution in [0, 0.1) is 12.7 Å². The molecule has 2 aliphatic rings. The monoisotopic (exact) mass is 340 g/mol. The van der Waals surface area contributed by atoms with Crippen LogP contribution in [0.3, 0.4) is 0 Å². The minimum absolute atomic E-state index is 0.179. The molecule has 0 amide bonds. The third-order valence-electron chi connectivity index (χ3n) is 5.40. The molecule has 0 radical (unpaired) electrons. The van der Waals surface area contributed by atoms with Crippen molar-refractivity contribution in [2.75, 3.05) is 36.5 Å². The van der Waals surface area contributed by atoms with E-state index in [1.807, 2.05) is 0 Å². The van der Waals surface area contributed by atoms with E-state index < -0.39 is 0 Å². The van der Waals surface area contributed by atoms with Crippen molar-refractivity contribution in [3.63, 3.8) is 0 Å². The second-order valence-electron chi connectivity index (χ2n) is 7.16. The Morgan fingerprint density at radius 3 is 2.60 bits per heavy atom. The molecule has 1 aliphatic heterocycles. The predicted octanol–water partition coefficient (Wildman–Crippen LogP) is 4.33. The highest BCUT2D eigenvalue weighted by Crippen LogP contribution is 2.40. The number of morpholine rings is 1. The molecule has 3 nitrogen and oxygen atoms in total. The molecule has 1 heterocycles. The quantitative estimate of drug-likeness (QED) is 0.897. The summed E-state index contributed by atoms with van der Waals surface area (Å²) in [7, 11) is 0. The van der Waals surface area contributed by atoms with Gasteiger partial charge in [-0.1, -0.05) is 24.3 Å². The van der Waals surface area contributed by atoms with E-state index in [4.69, 9.17) is 4.74 Å². The maximum atomic E-state index is 14.1. The average Bonchev–Trinajstić information content (AvgIpc) is 2.59. The molecule has 0 aromatic heterocycles. The van der Waals surface area contributed by atoms with Gasteiger partial charge in [-0.2, -0.15) is 0 Å². The molecule has 132 valence electrons. The Balaban J connectivity index is 1.40. The number of hydrogen-bond acceptors (Lipinski definition) is 3. The molecule has 4 heteroatoms. The van der Waals surface area contributed by atoms with Crippen molar-refractivity contribution in [3.05, 3.63) is 59.4 Å². The number of nitrogens with zero attached hydrogens (tertiary/aromatic N) is 1. The zero-order chi connectivity index (χ0) is 17.2. The van der Waals surface area contributed by atoms with Crippen LogP contribution in [0.2, 0.25) is 0 Å². The molecule has 0 unspecified atom stereocenters. The van der Waals surface area contributed by atoms with Crippen molar-refractivity contribution in [2.24, 2.45) is 0 Å². The van der Waals surface area contributed by atoms with Crippen molar-refractivity contribution < 1.29 is 9.13 Å². The zero-order valence-corrected chi connectivity index (χ0v) is 14.7. The van der Waals surface area contributed by atoms with Crippen LogP contribution in [-0.4, -0.2) is 32.3 Å². The molecule has 1 saturated carbocycles. The maximum Gasteiger partial charge on any atom is 0.127 e. The minimum atomic E-state index is -0.179. The van der Waals surface area contributed by atoms with Crippen molar-refractivity contribution in [3.8, 4) is 0 Å². The van der Waals surface area contributed by atoms with E-state index in [0.717, 1.165) is 37.3 Å². The molecular weight excluding hydrogens is 315 g/mol. The van der Waals surface area contributed by atoms with Crippen LogP contribution in [0.25, 0.3) is 0 Å². The lowest BCUT2D eigenvalue weighted by atomic mass is 9.74. The lowest BCUT2D eigenvalue weighted by Gasteiger charge is -2.38. The number of hydrogen-bond donors (Lipinski definition) is 1. The highest BCUT2D eigenvalue weighted by atomic mass is 19.1. The van der Waals surface area contributed by atoms with Gasteiger partial charge in [0.05, 0.1) is 13.2 Å². The third-order valence-corrected chi connectivity index (χ3v) is 5.40. The minimum Gasteiger partial charge on any atom is -0.382 e. The lowest BCUT2D eigenvalue weighted by molar-refractivity contribution is 0.122. The number of anilines is 2. The Bertz CT molecular complexity index is 736. The van der Waals surface area contributed by atoms with Crippen LogP contribution in [0.4, 0.5) is 15.8 Å². The summed E-state index contributed by atoms with van der Waals surface area (Å²) in [5.41, 5.74) is 4.65. The summed E-state index contributed by atoms with van der Waals surface area (Å²) in [5.74, 6) is 0.437. The van der Waals surface area contributed by atoms with Gasteiger partial charge in [0.15, 0.2) is 0 Å². The molecule has 2 aromatic carbocycles. The van der Waals surface area contributed by atoms with Gasteiger partial charge in [-0.25, -0.2) is 4.39 Å². The summed E-state index contributed by atoms with van der Waals surface area (Å²) in [5, 5.41) is 3.52. The fourth-order valence-electron chi connectivity index (χ4n) is 3.93. The summed E-state index contributed by atoms with van der Waals surface area (Å²) >= 11 is 0. The van der Waals surface area contributed by atoms with Crippen LogP contribution in [0.5, 0.6) is 0 Å². The highest BCUT2D eigenvalue weighted by Gasteiger charge is 2.31. The lowest BCUT2D eigenvalue weighted by Crippen LogP contribution is -2.36. The summed E-state index contributed by atoms with van der Waals surface area (Å²) < 4.78 is 19.4. The van der Waals surface area contributed by atoms with Crippen LogP contribution in [0.1, 0.15) is 29.9 Å². The standard InChI is InChI=1S/C21H25FN2O/c1-15-4-2-3-5-21(15)16-10-18(11-16)23-19-12-17(22)13-20(14-19)24-6-8-25-9-7-24/h2-5,12-14,16,18,23H,6-11H2,1H3. The van der Waals surface area contributed by atoms with Gasteiger partial charge >= 0.3 is 0 Å². The Kier molecular flexibility index (Phi) is 4.62. The predicted molar refractivity (Wildman–Crippen MR) is 100.0 cm³/mol. The molecule has 2 aromatic rings. The number of aryl methyl sites for hydroxylation is 1. The molecule has 2 fully saturated rings. The van der Waals surface area contributed by atoms with Crippen LogP contribution in [-0.2, 0) is 4.74 Å². The SMILES string of the molecule is Cc1ccccc1C1CC(Nc2cc(F)cc(N3CCOCC3)c2)C1. The Labute approximate surface area is 148 Å². The first-order chi connectivity index (χ1) is 12.2. The molecule has 1 N–H and O–H groups in total. The second-order valence-corrected chi connectivity index (χ2v) is 7.16. The topological polar surface area (TPSA) is 24.5 Å². The first-order valence-corrected chi connectivity index (χ1v) is 9.14. The van der Waals surface area contributed by atoms with Gasteiger partial charge in [-0.3, -0.25) is 0 Å². The number of rotatable bonds is 4.